The molecule has 16 heavy (non-hydrogen) atoms. The highest BCUT2D eigenvalue weighted by Gasteiger charge is 2.11. The lowest BCUT2D eigenvalue weighted by Crippen LogP contribution is -1.83. The van der Waals surface area contributed by atoms with E-state index in [-0.39, 0.29) is 5.78 Å². The molecule has 0 aliphatic carbocycles. The van der Waals surface area contributed by atoms with Gasteiger partial charge in [0.15, 0.2) is 5.78 Å². The number of hydrogen-bond donors (Lipinski definition) is 0. The highest BCUT2D eigenvalue weighted by molar-refractivity contribution is 7.16. The third-order valence-corrected chi connectivity index (χ3v) is 3.38. The smallest absolute Gasteiger partial charge is 0.171 e. The Morgan fingerprint density at radius 1 is 1.50 bits per heavy atom. The molecule has 0 saturated heterocycles. The summed E-state index contributed by atoms with van der Waals surface area (Å²) < 4.78 is 13.5. The molecule has 0 radical (unpaired) electrons. The minimum atomic E-state index is -0.433. The molecule has 0 atom stereocenters. The van der Waals surface area contributed by atoms with Crippen molar-refractivity contribution in [2.75, 3.05) is 0 Å². The molecule has 0 unspecified atom stereocenters. The maximum Gasteiger partial charge on any atom is 0.171 e. The van der Waals surface area contributed by atoms with E-state index in [4.69, 9.17) is 11.6 Å². The predicted molar refractivity (Wildman–Crippen MR) is 62.5 cm³/mol. The van der Waals surface area contributed by atoms with E-state index in [0.717, 1.165) is 0 Å². The molecule has 0 amide bonds. The molecule has 1 heterocycles. The van der Waals surface area contributed by atoms with Crippen LogP contribution in [0.3, 0.4) is 0 Å². The van der Waals surface area contributed by atoms with Crippen LogP contribution in [0.1, 0.15) is 16.6 Å². The molecule has 0 saturated carbocycles. The molecule has 0 aliphatic heterocycles. The van der Waals surface area contributed by atoms with Crippen LogP contribution in [0.2, 0.25) is 5.02 Å². The maximum atomic E-state index is 13.5. The van der Waals surface area contributed by atoms with Crippen LogP contribution in [0.15, 0.2) is 24.4 Å². The van der Waals surface area contributed by atoms with E-state index < -0.39 is 5.82 Å². The highest BCUT2D eigenvalue weighted by atomic mass is 35.5. The van der Waals surface area contributed by atoms with E-state index >= 15 is 0 Å². The molecule has 0 aliphatic rings. The van der Waals surface area contributed by atoms with Crippen LogP contribution in [0, 0.1) is 5.82 Å². The summed E-state index contributed by atoms with van der Waals surface area (Å²) >= 11 is 6.82. The molecule has 82 valence electrons. The number of thiazole rings is 1. The molecule has 1 aromatic carbocycles. The molecule has 5 heteroatoms. The minimum Gasteiger partial charge on any atom is -0.294 e. The van der Waals surface area contributed by atoms with Crippen molar-refractivity contribution >= 4 is 28.7 Å². The number of rotatable bonds is 2. The van der Waals surface area contributed by atoms with Gasteiger partial charge < -0.3 is 0 Å². The second-order valence-corrected chi connectivity index (χ2v) is 4.68. The van der Waals surface area contributed by atoms with E-state index in [0.29, 0.717) is 20.5 Å². The molecule has 0 fully saturated rings. The Labute approximate surface area is 101 Å². The first kappa shape index (κ1) is 11.2. The molecular formula is C11H7ClFNOS. The molecule has 0 bridgehead atoms. The van der Waals surface area contributed by atoms with Gasteiger partial charge in [-0.15, -0.1) is 11.3 Å². The van der Waals surface area contributed by atoms with Crippen LogP contribution in [0.25, 0.3) is 10.6 Å². The number of benzene rings is 1. The second-order valence-electron chi connectivity index (χ2n) is 3.21. The largest absolute Gasteiger partial charge is 0.294 e. The molecule has 0 spiro atoms. The fourth-order valence-electron chi connectivity index (χ4n) is 1.22. The Balaban J connectivity index is 2.46. The third-order valence-electron chi connectivity index (χ3n) is 2.01. The van der Waals surface area contributed by atoms with Crippen LogP contribution in [-0.2, 0) is 0 Å². The number of carbonyl (C=O) groups excluding carboxylic acids is 1. The van der Waals surface area contributed by atoms with Crippen molar-refractivity contribution < 1.29 is 9.18 Å². The Morgan fingerprint density at radius 3 is 2.81 bits per heavy atom. The van der Waals surface area contributed by atoms with Gasteiger partial charge in [-0.05, 0) is 18.2 Å². The zero-order valence-electron chi connectivity index (χ0n) is 8.33. The quantitative estimate of drug-likeness (QED) is 0.764. The van der Waals surface area contributed by atoms with Crippen LogP contribution in [0.4, 0.5) is 4.39 Å². The number of ketones is 1. The van der Waals surface area contributed by atoms with Crippen molar-refractivity contribution in [1.82, 2.24) is 4.98 Å². The highest BCUT2D eigenvalue weighted by Crippen LogP contribution is 2.29. The van der Waals surface area contributed by atoms with Gasteiger partial charge in [0.2, 0.25) is 0 Å². The molecule has 2 aromatic rings. The van der Waals surface area contributed by atoms with Gasteiger partial charge >= 0.3 is 0 Å². The SMILES string of the molecule is CC(=O)c1cnc(-c2ccc(Cl)cc2F)s1. The lowest BCUT2D eigenvalue weighted by Gasteiger charge is -1.98. The first-order chi connectivity index (χ1) is 7.58. The number of carbonyl (C=O) groups is 1. The summed E-state index contributed by atoms with van der Waals surface area (Å²) in [5, 5.41) is 0.823. The predicted octanol–water partition coefficient (Wildman–Crippen LogP) is 3.81. The van der Waals surface area contributed by atoms with E-state index in [1.807, 2.05) is 0 Å². The van der Waals surface area contributed by atoms with Gasteiger partial charge in [0.1, 0.15) is 10.8 Å². The lowest BCUT2D eigenvalue weighted by molar-refractivity contribution is 0.102. The van der Waals surface area contributed by atoms with E-state index in [1.165, 1.54) is 30.5 Å². The maximum absolute atomic E-state index is 13.5. The van der Waals surface area contributed by atoms with Crippen molar-refractivity contribution in [3.05, 3.63) is 40.1 Å². The van der Waals surface area contributed by atoms with E-state index in [9.17, 15) is 9.18 Å². The summed E-state index contributed by atoms with van der Waals surface area (Å²) in [5.74, 6) is -0.505. The fraction of sp³-hybridized carbons (Fsp3) is 0.0909. The summed E-state index contributed by atoms with van der Waals surface area (Å²) in [7, 11) is 0. The van der Waals surface area contributed by atoms with Crippen molar-refractivity contribution in [2.24, 2.45) is 0 Å². The van der Waals surface area contributed by atoms with Gasteiger partial charge in [0, 0.05) is 23.7 Å². The first-order valence-corrected chi connectivity index (χ1v) is 5.69. The Morgan fingerprint density at radius 2 is 2.25 bits per heavy atom. The summed E-state index contributed by atoms with van der Waals surface area (Å²) in [5.41, 5.74) is 0.363. The van der Waals surface area contributed by atoms with Gasteiger partial charge in [-0.3, -0.25) is 4.79 Å². The van der Waals surface area contributed by atoms with E-state index in [2.05, 4.69) is 4.98 Å². The topological polar surface area (TPSA) is 30.0 Å². The van der Waals surface area contributed by atoms with Crippen LogP contribution in [-0.4, -0.2) is 10.8 Å². The standard InChI is InChI=1S/C11H7ClFNOS/c1-6(15)10-5-14-11(16-10)8-3-2-7(12)4-9(8)13/h2-5H,1H3. The van der Waals surface area contributed by atoms with Crippen molar-refractivity contribution in [2.45, 2.75) is 6.92 Å². The number of Topliss-reactive ketones (excluding diaryl/α,β-unsaturated/α-hetero) is 1. The number of aromatic nitrogens is 1. The van der Waals surface area contributed by atoms with Crippen LogP contribution in [0.5, 0.6) is 0 Å². The molecular weight excluding hydrogens is 249 g/mol. The van der Waals surface area contributed by atoms with Gasteiger partial charge in [0.05, 0.1) is 4.88 Å². The van der Waals surface area contributed by atoms with Crippen molar-refractivity contribution in [3.63, 3.8) is 0 Å². The first-order valence-electron chi connectivity index (χ1n) is 4.50. The fourth-order valence-corrected chi connectivity index (χ4v) is 2.22. The molecule has 0 N–H and O–H groups in total. The Bertz CT molecular complexity index is 553. The summed E-state index contributed by atoms with van der Waals surface area (Å²) in [6.45, 7) is 1.45. The summed E-state index contributed by atoms with van der Waals surface area (Å²) in [6, 6.07) is 4.38. The average Bonchev–Trinajstić information content (AvgIpc) is 2.66. The Kier molecular flexibility index (Phi) is 3.03. The summed E-state index contributed by atoms with van der Waals surface area (Å²) in [6.07, 6.45) is 1.45. The average molecular weight is 256 g/mol. The van der Waals surface area contributed by atoms with Crippen LogP contribution >= 0.6 is 22.9 Å². The van der Waals surface area contributed by atoms with Crippen molar-refractivity contribution in [3.8, 4) is 10.6 Å². The monoisotopic (exact) mass is 255 g/mol. The van der Waals surface area contributed by atoms with Gasteiger partial charge in [-0.25, -0.2) is 9.37 Å². The summed E-state index contributed by atoms with van der Waals surface area (Å²) in [4.78, 5) is 15.6. The zero-order valence-corrected chi connectivity index (χ0v) is 9.90. The van der Waals surface area contributed by atoms with Gasteiger partial charge in [0.25, 0.3) is 0 Å². The minimum absolute atomic E-state index is 0.0712. The number of hydrogen-bond acceptors (Lipinski definition) is 3. The lowest BCUT2D eigenvalue weighted by atomic mass is 10.2. The zero-order chi connectivity index (χ0) is 11.7. The molecule has 1 aromatic heterocycles. The number of halogens is 2. The normalized spacial score (nSPS) is 10.4. The van der Waals surface area contributed by atoms with Crippen molar-refractivity contribution in [1.29, 1.82) is 0 Å². The number of nitrogens with zero attached hydrogens (tertiary/aromatic N) is 1. The van der Waals surface area contributed by atoms with Gasteiger partial charge in [-0.1, -0.05) is 11.6 Å². The molecule has 2 nitrogen and oxygen atoms in total. The van der Waals surface area contributed by atoms with Gasteiger partial charge in [-0.2, -0.15) is 0 Å². The van der Waals surface area contributed by atoms with E-state index in [1.54, 1.807) is 12.1 Å². The second kappa shape index (κ2) is 4.31. The Hall–Kier alpha value is -1.26. The molecule has 2 rings (SSSR count). The third kappa shape index (κ3) is 2.13. The van der Waals surface area contributed by atoms with Crippen LogP contribution < -0.4 is 0 Å².